The van der Waals surface area contributed by atoms with E-state index in [1.165, 1.54) is 5.56 Å². The Bertz CT molecular complexity index is 866. The molecular formula is C17H12ClNO2. The van der Waals surface area contributed by atoms with Crippen molar-refractivity contribution in [1.29, 1.82) is 0 Å². The summed E-state index contributed by atoms with van der Waals surface area (Å²) >= 11 is 5.95. The van der Waals surface area contributed by atoms with Crippen molar-refractivity contribution in [2.24, 2.45) is 0 Å². The van der Waals surface area contributed by atoms with Crippen LogP contribution in [-0.4, -0.2) is 12.3 Å². The molecule has 0 saturated heterocycles. The molecule has 1 aromatic heterocycles. The Kier molecular flexibility index (Phi) is 2.76. The molecule has 104 valence electrons. The fourth-order valence-electron chi connectivity index (χ4n) is 2.70. The zero-order chi connectivity index (χ0) is 14.4. The highest BCUT2D eigenvalue weighted by Gasteiger charge is 2.18. The van der Waals surface area contributed by atoms with Crippen LogP contribution in [0, 0.1) is 0 Å². The minimum absolute atomic E-state index is 0.112. The fourth-order valence-corrected chi connectivity index (χ4v) is 2.88. The van der Waals surface area contributed by atoms with Crippen LogP contribution in [0.2, 0.25) is 5.02 Å². The first-order valence-electron chi connectivity index (χ1n) is 6.81. The molecule has 0 atom stereocenters. The number of nitrogens with one attached hydrogen (secondary N) is 1. The van der Waals surface area contributed by atoms with Crippen LogP contribution in [0.1, 0.15) is 21.7 Å². The Morgan fingerprint density at radius 2 is 2.05 bits per heavy atom. The Hall–Kier alpha value is -2.26. The molecule has 0 saturated carbocycles. The van der Waals surface area contributed by atoms with Gasteiger partial charge in [-0.25, -0.2) is 0 Å². The summed E-state index contributed by atoms with van der Waals surface area (Å²) in [5.74, 6) is 0.226. The van der Waals surface area contributed by atoms with Crippen LogP contribution in [0.3, 0.4) is 0 Å². The number of ketones is 1. The lowest BCUT2D eigenvalue weighted by molar-refractivity contribution is 0.101. The maximum absolute atomic E-state index is 12.5. The van der Waals surface area contributed by atoms with E-state index in [0.717, 1.165) is 24.0 Å². The monoisotopic (exact) mass is 297 g/mol. The zero-order valence-electron chi connectivity index (χ0n) is 11.2. The molecule has 0 aliphatic carbocycles. The quantitative estimate of drug-likeness (QED) is 0.718. The van der Waals surface area contributed by atoms with E-state index in [1.54, 1.807) is 24.3 Å². The molecular weight excluding hydrogens is 286 g/mol. The smallest absolute Gasteiger partial charge is 0.228 e. The second kappa shape index (κ2) is 4.64. The Balaban J connectivity index is 1.75. The average Bonchev–Trinajstić information content (AvgIpc) is 3.11. The number of anilines is 1. The fraction of sp³-hybridized carbons (Fsp3) is 0.118. The van der Waals surface area contributed by atoms with E-state index >= 15 is 0 Å². The van der Waals surface area contributed by atoms with Gasteiger partial charge in [0.25, 0.3) is 0 Å². The highest BCUT2D eigenvalue weighted by atomic mass is 35.5. The van der Waals surface area contributed by atoms with Crippen molar-refractivity contribution in [3.8, 4) is 0 Å². The first-order valence-corrected chi connectivity index (χ1v) is 7.19. The molecule has 2 aromatic carbocycles. The molecule has 0 amide bonds. The SMILES string of the molecule is O=C(c1ccc2c(c1)NCC2)c1cc2cc(Cl)ccc2o1. The number of furan rings is 1. The van der Waals surface area contributed by atoms with Crippen molar-refractivity contribution in [3.05, 3.63) is 64.4 Å². The summed E-state index contributed by atoms with van der Waals surface area (Å²) in [5.41, 5.74) is 3.60. The lowest BCUT2D eigenvalue weighted by atomic mass is 10.0. The summed E-state index contributed by atoms with van der Waals surface area (Å²) in [6, 6.07) is 12.8. The second-order valence-electron chi connectivity index (χ2n) is 5.17. The largest absolute Gasteiger partial charge is 0.453 e. The number of carbonyl (C=O) groups is 1. The van der Waals surface area contributed by atoms with E-state index in [2.05, 4.69) is 5.32 Å². The number of hydrogen-bond acceptors (Lipinski definition) is 3. The van der Waals surface area contributed by atoms with Gasteiger partial charge in [0.1, 0.15) is 5.58 Å². The van der Waals surface area contributed by atoms with Crippen LogP contribution < -0.4 is 5.32 Å². The molecule has 0 spiro atoms. The maximum Gasteiger partial charge on any atom is 0.228 e. The van der Waals surface area contributed by atoms with Gasteiger partial charge in [-0.1, -0.05) is 23.7 Å². The van der Waals surface area contributed by atoms with Crippen molar-refractivity contribution in [3.63, 3.8) is 0 Å². The van der Waals surface area contributed by atoms with E-state index in [4.69, 9.17) is 16.0 Å². The van der Waals surface area contributed by atoms with E-state index in [-0.39, 0.29) is 5.78 Å². The summed E-state index contributed by atoms with van der Waals surface area (Å²) in [7, 11) is 0. The zero-order valence-corrected chi connectivity index (χ0v) is 11.9. The predicted octanol–water partition coefficient (Wildman–Crippen LogP) is 4.29. The molecule has 0 unspecified atom stereocenters. The van der Waals surface area contributed by atoms with Gasteiger partial charge in [0.2, 0.25) is 5.78 Å². The normalized spacial score (nSPS) is 13.2. The first kappa shape index (κ1) is 12.5. The predicted molar refractivity (Wildman–Crippen MR) is 83.3 cm³/mol. The molecule has 1 aliphatic heterocycles. The van der Waals surface area contributed by atoms with E-state index < -0.39 is 0 Å². The van der Waals surface area contributed by atoms with Gasteiger partial charge in [-0.3, -0.25) is 4.79 Å². The van der Waals surface area contributed by atoms with Gasteiger partial charge in [0.15, 0.2) is 5.76 Å². The lowest BCUT2D eigenvalue weighted by Crippen LogP contribution is -2.00. The highest BCUT2D eigenvalue weighted by molar-refractivity contribution is 6.31. The topological polar surface area (TPSA) is 42.2 Å². The number of hydrogen-bond donors (Lipinski definition) is 1. The van der Waals surface area contributed by atoms with Gasteiger partial charge in [0, 0.05) is 28.2 Å². The van der Waals surface area contributed by atoms with Crippen LogP contribution in [0.5, 0.6) is 0 Å². The van der Waals surface area contributed by atoms with Gasteiger partial charge in [-0.05, 0) is 42.3 Å². The van der Waals surface area contributed by atoms with Crippen molar-refractivity contribution in [1.82, 2.24) is 0 Å². The van der Waals surface area contributed by atoms with Crippen molar-refractivity contribution < 1.29 is 9.21 Å². The molecule has 3 aromatic rings. The Morgan fingerprint density at radius 3 is 2.95 bits per heavy atom. The third kappa shape index (κ3) is 2.10. The summed E-state index contributed by atoms with van der Waals surface area (Å²) in [6.07, 6.45) is 1.01. The summed E-state index contributed by atoms with van der Waals surface area (Å²) in [5, 5.41) is 4.75. The van der Waals surface area contributed by atoms with Crippen molar-refractivity contribution in [2.45, 2.75) is 6.42 Å². The molecule has 0 radical (unpaired) electrons. The highest BCUT2D eigenvalue weighted by Crippen LogP contribution is 2.27. The third-order valence-electron chi connectivity index (χ3n) is 3.78. The number of halogens is 1. The molecule has 1 aliphatic rings. The minimum atomic E-state index is -0.112. The maximum atomic E-state index is 12.5. The molecule has 4 heteroatoms. The van der Waals surface area contributed by atoms with Crippen LogP contribution in [0.4, 0.5) is 5.69 Å². The number of carbonyl (C=O) groups excluding carboxylic acids is 1. The van der Waals surface area contributed by atoms with E-state index in [9.17, 15) is 4.79 Å². The first-order chi connectivity index (χ1) is 10.2. The van der Waals surface area contributed by atoms with E-state index in [0.29, 0.717) is 21.9 Å². The minimum Gasteiger partial charge on any atom is -0.453 e. The summed E-state index contributed by atoms with van der Waals surface area (Å²) in [4.78, 5) is 12.5. The molecule has 3 nitrogen and oxygen atoms in total. The van der Waals surface area contributed by atoms with Gasteiger partial charge in [-0.15, -0.1) is 0 Å². The van der Waals surface area contributed by atoms with Gasteiger partial charge >= 0.3 is 0 Å². The van der Waals surface area contributed by atoms with Crippen LogP contribution in [0.15, 0.2) is 46.9 Å². The third-order valence-corrected chi connectivity index (χ3v) is 4.02. The van der Waals surface area contributed by atoms with Crippen molar-refractivity contribution >= 4 is 34.0 Å². The standard InChI is InChI=1S/C17H12ClNO2/c18-13-3-4-15-12(7-13)9-16(21-15)17(20)11-2-1-10-5-6-19-14(10)8-11/h1-4,7-9,19H,5-6H2. The Labute approximate surface area is 126 Å². The lowest BCUT2D eigenvalue weighted by Gasteiger charge is -2.02. The molecule has 4 rings (SSSR count). The van der Waals surface area contributed by atoms with Crippen LogP contribution in [0.25, 0.3) is 11.0 Å². The van der Waals surface area contributed by atoms with Gasteiger partial charge in [0.05, 0.1) is 0 Å². The van der Waals surface area contributed by atoms with E-state index in [1.807, 2.05) is 18.2 Å². The molecule has 21 heavy (non-hydrogen) atoms. The summed E-state index contributed by atoms with van der Waals surface area (Å²) in [6.45, 7) is 0.927. The number of rotatable bonds is 2. The molecule has 0 fully saturated rings. The molecule has 2 heterocycles. The van der Waals surface area contributed by atoms with Gasteiger partial charge < -0.3 is 9.73 Å². The number of fused-ring (bicyclic) bond motifs is 2. The van der Waals surface area contributed by atoms with Crippen LogP contribution >= 0.6 is 11.6 Å². The van der Waals surface area contributed by atoms with Crippen LogP contribution in [-0.2, 0) is 6.42 Å². The van der Waals surface area contributed by atoms with Gasteiger partial charge in [-0.2, -0.15) is 0 Å². The van der Waals surface area contributed by atoms with Crippen molar-refractivity contribution in [2.75, 3.05) is 11.9 Å². The molecule has 0 bridgehead atoms. The Morgan fingerprint density at radius 1 is 1.14 bits per heavy atom. The average molecular weight is 298 g/mol. The summed E-state index contributed by atoms with van der Waals surface area (Å²) < 4.78 is 5.63. The molecule has 1 N–H and O–H groups in total. The second-order valence-corrected chi connectivity index (χ2v) is 5.61. The number of benzene rings is 2.